The monoisotopic (exact) mass is 506 g/mol. The number of ether oxygens (including phenoxy) is 2. The summed E-state index contributed by atoms with van der Waals surface area (Å²) in [6, 6.07) is 28.4. The number of rotatable bonds is 1. The average Bonchev–Trinajstić information content (AvgIpc) is 3.07. The molecule has 4 heteroatoms. The molecule has 0 atom stereocenters. The van der Waals surface area contributed by atoms with E-state index in [1.54, 1.807) is 0 Å². The fraction of sp³-hybridized carbons (Fsp3) is 0.0667. The van der Waals surface area contributed by atoms with Crippen molar-refractivity contribution in [1.82, 2.24) is 0 Å². The van der Waals surface area contributed by atoms with Crippen LogP contribution in [0.15, 0.2) is 89.4 Å². The Kier molecular flexibility index (Phi) is 5.22. The molecule has 0 amide bonds. The number of halogens is 1. The lowest BCUT2D eigenvalue weighted by atomic mass is 9.92. The van der Waals surface area contributed by atoms with Crippen molar-refractivity contribution in [3.63, 3.8) is 0 Å². The van der Waals surface area contributed by atoms with Crippen LogP contribution in [0.4, 0.5) is 0 Å². The molecule has 3 nitrogen and oxygen atoms in total. The second-order valence-electron chi connectivity index (χ2n) is 8.19. The standard InChI is InChI=1S/C30H19BrO3/c31-24-10-12-26-23(16-24)9-14-28-30(26)29-25-11-7-20(4-1-19-2-5-21(17-32)6-3-19)15-22(25)8-13-27(29)33-18-34-28/h2-3,5-16,32H,17-18H2. The number of fused-ring (bicyclic) bond motifs is 7. The van der Waals surface area contributed by atoms with Gasteiger partial charge in [0.25, 0.3) is 0 Å². The van der Waals surface area contributed by atoms with Crippen LogP contribution in [0.5, 0.6) is 11.5 Å². The van der Waals surface area contributed by atoms with Gasteiger partial charge in [-0.2, -0.15) is 0 Å². The van der Waals surface area contributed by atoms with Crippen molar-refractivity contribution in [1.29, 1.82) is 0 Å². The molecule has 0 spiro atoms. The van der Waals surface area contributed by atoms with E-state index in [-0.39, 0.29) is 13.4 Å². The highest BCUT2D eigenvalue weighted by Gasteiger charge is 2.21. The number of aliphatic hydroxyl groups is 1. The van der Waals surface area contributed by atoms with Crippen LogP contribution in [0.2, 0.25) is 0 Å². The fourth-order valence-corrected chi connectivity index (χ4v) is 4.80. The summed E-state index contributed by atoms with van der Waals surface area (Å²) in [5.41, 5.74) is 4.81. The molecule has 1 aliphatic heterocycles. The third-order valence-corrected chi connectivity index (χ3v) is 6.58. The van der Waals surface area contributed by atoms with Crippen LogP contribution in [0, 0.1) is 11.8 Å². The largest absolute Gasteiger partial charge is 0.457 e. The Bertz CT molecular complexity index is 1630. The molecule has 0 bridgehead atoms. The van der Waals surface area contributed by atoms with E-state index in [1.165, 1.54) is 0 Å². The van der Waals surface area contributed by atoms with Crippen molar-refractivity contribution in [2.75, 3.05) is 6.79 Å². The molecule has 1 aliphatic rings. The van der Waals surface area contributed by atoms with Crippen LogP contribution in [0.25, 0.3) is 32.7 Å². The van der Waals surface area contributed by atoms with Crippen LogP contribution in [-0.4, -0.2) is 11.9 Å². The highest BCUT2D eigenvalue weighted by molar-refractivity contribution is 9.10. The van der Waals surface area contributed by atoms with Crippen molar-refractivity contribution >= 4 is 37.5 Å². The van der Waals surface area contributed by atoms with Gasteiger partial charge in [-0.1, -0.05) is 64.2 Å². The highest BCUT2D eigenvalue weighted by Crippen LogP contribution is 2.47. The number of benzene rings is 5. The Morgan fingerprint density at radius 3 is 1.94 bits per heavy atom. The van der Waals surface area contributed by atoms with Gasteiger partial charge in [0.1, 0.15) is 11.5 Å². The van der Waals surface area contributed by atoms with E-state index in [4.69, 9.17) is 9.47 Å². The molecular weight excluding hydrogens is 488 g/mol. The third kappa shape index (κ3) is 3.70. The van der Waals surface area contributed by atoms with E-state index in [2.05, 4.69) is 70.2 Å². The van der Waals surface area contributed by atoms with E-state index in [0.717, 1.165) is 65.3 Å². The average molecular weight is 507 g/mol. The molecule has 6 rings (SSSR count). The maximum atomic E-state index is 9.22. The van der Waals surface area contributed by atoms with Crippen LogP contribution < -0.4 is 9.47 Å². The van der Waals surface area contributed by atoms with Gasteiger partial charge in [-0.15, -0.1) is 0 Å². The summed E-state index contributed by atoms with van der Waals surface area (Å²) in [7, 11) is 0. The van der Waals surface area contributed by atoms with E-state index in [0.29, 0.717) is 0 Å². The Hall–Kier alpha value is -3.78. The van der Waals surface area contributed by atoms with Crippen molar-refractivity contribution < 1.29 is 14.6 Å². The number of hydrogen-bond acceptors (Lipinski definition) is 3. The van der Waals surface area contributed by atoms with E-state index in [9.17, 15) is 5.11 Å². The van der Waals surface area contributed by atoms with Gasteiger partial charge < -0.3 is 14.6 Å². The maximum Gasteiger partial charge on any atom is 0.230 e. The molecule has 5 aromatic carbocycles. The summed E-state index contributed by atoms with van der Waals surface area (Å²) in [5, 5.41) is 13.7. The van der Waals surface area contributed by atoms with Gasteiger partial charge in [-0.3, -0.25) is 0 Å². The van der Waals surface area contributed by atoms with Crippen LogP contribution >= 0.6 is 15.9 Å². The summed E-state index contributed by atoms with van der Waals surface area (Å²) < 4.78 is 13.0. The van der Waals surface area contributed by atoms with Gasteiger partial charge in [0, 0.05) is 26.7 Å². The van der Waals surface area contributed by atoms with Gasteiger partial charge in [0.15, 0.2) is 0 Å². The summed E-state index contributed by atoms with van der Waals surface area (Å²) in [6.45, 7) is 0.208. The molecule has 1 N–H and O–H groups in total. The molecule has 0 fully saturated rings. The van der Waals surface area contributed by atoms with Crippen molar-refractivity contribution in [3.8, 4) is 34.5 Å². The first-order chi connectivity index (χ1) is 16.7. The minimum absolute atomic E-state index is 0.0349. The van der Waals surface area contributed by atoms with E-state index >= 15 is 0 Å². The molecule has 0 saturated carbocycles. The van der Waals surface area contributed by atoms with Gasteiger partial charge in [0.2, 0.25) is 6.79 Å². The zero-order valence-electron chi connectivity index (χ0n) is 18.1. The first-order valence-electron chi connectivity index (χ1n) is 11.0. The van der Waals surface area contributed by atoms with Crippen LogP contribution in [-0.2, 0) is 6.61 Å². The topological polar surface area (TPSA) is 38.7 Å². The van der Waals surface area contributed by atoms with Crippen molar-refractivity contribution in [2.45, 2.75) is 6.61 Å². The Morgan fingerprint density at radius 1 is 0.676 bits per heavy atom. The lowest BCUT2D eigenvalue weighted by Gasteiger charge is -2.14. The van der Waals surface area contributed by atoms with E-state index in [1.807, 2.05) is 42.5 Å². The quantitative estimate of drug-likeness (QED) is 0.247. The third-order valence-electron chi connectivity index (χ3n) is 6.09. The smallest absolute Gasteiger partial charge is 0.230 e. The maximum absolute atomic E-state index is 9.22. The summed E-state index contributed by atoms with van der Waals surface area (Å²) in [4.78, 5) is 0. The number of aliphatic hydroxyl groups excluding tert-OH is 1. The normalized spacial score (nSPS) is 12.1. The zero-order chi connectivity index (χ0) is 23.1. The minimum atomic E-state index is 0.0349. The zero-order valence-corrected chi connectivity index (χ0v) is 19.7. The molecular formula is C30H19BrO3. The van der Waals surface area contributed by atoms with E-state index < -0.39 is 0 Å². The number of hydrogen-bond donors (Lipinski definition) is 1. The van der Waals surface area contributed by atoms with Gasteiger partial charge in [0.05, 0.1) is 6.61 Å². The van der Waals surface area contributed by atoms with Crippen molar-refractivity contribution in [2.24, 2.45) is 0 Å². The molecule has 0 unspecified atom stereocenters. The predicted molar refractivity (Wildman–Crippen MR) is 139 cm³/mol. The predicted octanol–water partition coefficient (Wildman–Crippen LogP) is 7.04. The molecule has 0 aliphatic carbocycles. The van der Waals surface area contributed by atoms with Gasteiger partial charge in [-0.25, -0.2) is 0 Å². The van der Waals surface area contributed by atoms with Crippen molar-refractivity contribution in [3.05, 3.63) is 106 Å². The minimum Gasteiger partial charge on any atom is -0.457 e. The second-order valence-corrected chi connectivity index (χ2v) is 9.11. The molecule has 34 heavy (non-hydrogen) atoms. The summed E-state index contributed by atoms with van der Waals surface area (Å²) in [6.07, 6.45) is 0. The lowest BCUT2D eigenvalue weighted by Crippen LogP contribution is -2.03. The summed E-state index contributed by atoms with van der Waals surface area (Å²) >= 11 is 3.58. The second kappa shape index (κ2) is 8.53. The van der Waals surface area contributed by atoms with Gasteiger partial charge in [-0.05, 0) is 75.6 Å². The molecule has 164 valence electrons. The molecule has 0 radical (unpaired) electrons. The SMILES string of the molecule is OCc1ccc(C#Cc2ccc3c4c(ccc3c2)OCOc2ccc3cc(Br)ccc3c2-4)cc1. The Labute approximate surface area is 205 Å². The fourth-order valence-electron chi connectivity index (χ4n) is 4.42. The molecule has 0 saturated heterocycles. The summed E-state index contributed by atoms with van der Waals surface area (Å²) in [5.74, 6) is 8.10. The molecule has 1 heterocycles. The van der Waals surface area contributed by atoms with Crippen LogP contribution in [0.1, 0.15) is 16.7 Å². The first kappa shape index (κ1) is 20.8. The first-order valence-corrected chi connectivity index (χ1v) is 11.8. The Morgan fingerprint density at radius 2 is 1.26 bits per heavy atom. The molecule has 0 aromatic heterocycles. The molecule has 5 aromatic rings. The Balaban J connectivity index is 1.50. The van der Waals surface area contributed by atoms with Gasteiger partial charge >= 0.3 is 0 Å². The lowest BCUT2D eigenvalue weighted by molar-refractivity contribution is 0.125. The van der Waals surface area contributed by atoms with Crippen LogP contribution in [0.3, 0.4) is 0 Å². The highest BCUT2D eigenvalue weighted by atomic mass is 79.9.